The molecule has 0 saturated carbocycles. The number of hydrogen-bond donors (Lipinski definition) is 0. The van der Waals surface area contributed by atoms with Gasteiger partial charge in [0.1, 0.15) is 0 Å². The van der Waals surface area contributed by atoms with Gasteiger partial charge in [-0.25, -0.2) is 0 Å². The Morgan fingerprint density at radius 2 is 2.31 bits per heavy atom. The maximum atomic E-state index is 5.98. The number of allylic oxidation sites excluding steroid dienone is 3. The summed E-state index contributed by atoms with van der Waals surface area (Å²) in [6.07, 6.45) is 13.0. The fraction of sp³-hybridized carbons (Fsp3) is 0.667. The molecule has 0 aliphatic heterocycles. The van der Waals surface area contributed by atoms with Crippen molar-refractivity contribution in [3.63, 3.8) is 0 Å². The Labute approximate surface area is 86.7 Å². The van der Waals surface area contributed by atoms with Crippen molar-refractivity contribution in [3.8, 4) is 0 Å². The molecule has 0 amide bonds. The smallest absolute Gasteiger partial charge is 0.0521 e. The first-order chi connectivity index (χ1) is 6.33. The van der Waals surface area contributed by atoms with E-state index in [1.165, 1.54) is 32.1 Å². The van der Waals surface area contributed by atoms with Crippen molar-refractivity contribution in [1.29, 1.82) is 0 Å². The average Bonchev–Trinajstić information content (AvgIpc) is 2.51. The maximum Gasteiger partial charge on any atom is 0.0521 e. The van der Waals surface area contributed by atoms with Crippen molar-refractivity contribution in [2.75, 3.05) is 0 Å². The molecule has 1 atom stereocenters. The molecule has 0 bridgehead atoms. The van der Waals surface area contributed by atoms with Gasteiger partial charge in [-0.2, -0.15) is 0 Å². The van der Waals surface area contributed by atoms with Crippen LogP contribution in [0, 0.1) is 0 Å². The fourth-order valence-electron chi connectivity index (χ4n) is 1.77. The Balaban J connectivity index is 2.00. The molecular formula is C12H19Cl. The lowest BCUT2D eigenvalue weighted by Crippen LogP contribution is -1.81. The second kappa shape index (κ2) is 6.26. The Morgan fingerprint density at radius 1 is 1.46 bits per heavy atom. The summed E-state index contributed by atoms with van der Waals surface area (Å²) in [6.45, 7) is 3.72. The molecule has 0 aromatic heterocycles. The maximum absolute atomic E-state index is 5.98. The van der Waals surface area contributed by atoms with E-state index >= 15 is 0 Å². The van der Waals surface area contributed by atoms with Crippen LogP contribution in [0.5, 0.6) is 0 Å². The van der Waals surface area contributed by atoms with E-state index in [-0.39, 0.29) is 0 Å². The van der Waals surface area contributed by atoms with Crippen molar-refractivity contribution in [1.82, 2.24) is 0 Å². The number of rotatable bonds is 6. The standard InChI is InChI=1S/C12H19Cl/c1-2-3-4-5-6-7-11-8-9-12(13)10-11/h2,10,12H,1,3-9H2. The van der Waals surface area contributed by atoms with Crippen LogP contribution in [0.3, 0.4) is 0 Å². The van der Waals surface area contributed by atoms with E-state index in [1.807, 2.05) is 6.08 Å². The highest BCUT2D eigenvalue weighted by Crippen LogP contribution is 2.26. The highest BCUT2D eigenvalue weighted by Gasteiger charge is 2.11. The lowest BCUT2D eigenvalue weighted by Gasteiger charge is -2.00. The largest absolute Gasteiger partial charge is 0.118 e. The van der Waals surface area contributed by atoms with Gasteiger partial charge in [0.25, 0.3) is 0 Å². The molecule has 0 spiro atoms. The predicted molar refractivity (Wildman–Crippen MR) is 60.2 cm³/mol. The second-order valence-electron chi connectivity index (χ2n) is 3.77. The van der Waals surface area contributed by atoms with Crippen LogP contribution in [0.15, 0.2) is 24.3 Å². The molecule has 1 unspecified atom stereocenters. The first-order valence-electron chi connectivity index (χ1n) is 5.27. The van der Waals surface area contributed by atoms with Crippen LogP contribution in [0.4, 0.5) is 0 Å². The van der Waals surface area contributed by atoms with Gasteiger partial charge in [0.2, 0.25) is 0 Å². The summed E-state index contributed by atoms with van der Waals surface area (Å²) in [4.78, 5) is 0. The third-order valence-corrected chi connectivity index (χ3v) is 2.91. The molecule has 0 aromatic carbocycles. The van der Waals surface area contributed by atoms with Crippen molar-refractivity contribution >= 4 is 11.6 Å². The van der Waals surface area contributed by atoms with E-state index in [9.17, 15) is 0 Å². The van der Waals surface area contributed by atoms with E-state index in [2.05, 4.69) is 12.7 Å². The Kier molecular flexibility index (Phi) is 5.22. The van der Waals surface area contributed by atoms with Gasteiger partial charge in [0.05, 0.1) is 5.38 Å². The van der Waals surface area contributed by atoms with Gasteiger partial charge in [-0.3, -0.25) is 0 Å². The van der Waals surface area contributed by atoms with Crippen LogP contribution in [0.2, 0.25) is 0 Å². The minimum Gasteiger partial charge on any atom is -0.118 e. The summed E-state index contributed by atoms with van der Waals surface area (Å²) in [5.41, 5.74) is 1.58. The summed E-state index contributed by atoms with van der Waals surface area (Å²) in [7, 11) is 0. The van der Waals surface area contributed by atoms with Crippen LogP contribution in [0.1, 0.15) is 44.9 Å². The van der Waals surface area contributed by atoms with Crippen LogP contribution < -0.4 is 0 Å². The zero-order chi connectivity index (χ0) is 9.52. The van der Waals surface area contributed by atoms with Crippen LogP contribution >= 0.6 is 11.6 Å². The SMILES string of the molecule is C=CCCCCCC1=CC(Cl)CC1. The highest BCUT2D eigenvalue weighted by molar-refractivity contribution is 6.22. The topological polar surface area (TPSA) is 0 Å². The molecule has 0 N–H and O–H groups in total. The number of hydrogen-bond acceptors (Lipinski definition) is 0. The zero-order valence-electron chi connectivity index (χ0n) is 8.27. The molecule has 0 fully saturated rings. The third-order valence-electron chi connectivity index (χ3n) is 2.56. The quantitative estimate of drug-likeness (QED) is 0.336. The minimum absolute atomic E-state index is 0.322. The first-order valence-corrected chi connectivity index (χ1v) is 5.71. The average molecular weight is 199 g/mol. The monoisotopic (exact) mass is 198 g/mol. The molecule has 1 heteroatoms. The predicted octanol–water partition coefficient (Wildman–Crippen LogP) is 4.45. The molecule has 1 rings (SSSR count). The van der Waals surface area contributed by atoms with Crippen molar-refractivity contribution in [2.45, 2.75) is 50.3 Å². The lowest BCUT2D eigenvalue weighted by molar-refractivity contribution is 0.675. The van der Waals surface area contributed by atoms with E-state index in [0.29, 0.717) is 5.38 Å². The van der Waals surface area contributed by atoms with Gasteiger partial charge in [-0.15, -0.1) is 18.2 Å². The first kappa shape index (κ1) is 10.8. The van der Waals surface area contributed by atoms with Gasteiger partial charge < -0.3 is 0 Å². The highest BCUT2D eigenvalue weighted by atomic mass is 35.5. The Bertz CT molecular complexity index is 182. The van der Waals surface area contributed by atoms with Crippen LogP contribution in [0.25, 0.3) is 0 Å². The molecule has 0 aromatic rings. The Morgan fingerprint density at radius 3 is 2.92 bits per heavy atom. The minimum atomic E-state index is 0.322. The molecule has 0 radical (unpaired) electrons. The fourth-order valence-corrected chi connectivity index (χ4v) is 2.06. The number of halogens is 1. The summed E-state index contributed by atoms with van der Waals surface area (Å²) < 4.78 is 0. The van der Waals surface area contributed by atoms with Gasteiger partial charge in [-0.1, -0.05) is 24.1 Å². The van der Waals surface area contributed by atoms with Gasteiger partial charge in [0.15, 0.2) is 0 Å². The Hall–Kier alpha value is -0.230. The molecule has 1 aliphatic rings. The van der Waals surface area contributed by atoms with E-state index < -0.39 is 0 Å². The number of unbranched alkanes of at least 4 members (excludes halogenated alkanes) is 3. The van der Waals surface area contributed by atoms with Crippen LogP contribution in [-0.2, 0) is 0 Å². The summed E-state index contributed by atoms with van der Waals surface area (Å²) in [5.74, 6) is 0. The summed E-state index contributed by atoms with van der Waals surface area (Å²) in [5, 5.41) is 0.322. The normalized spacial score (nSPS) is 21.6. The molecule has 74 valence electrons. The van der Waals surface area contributed by atoms with Gasteiger partial charge >= 0.3 is 0 Å². The molecule has 1 aliphatic carbocycles. The molecular weight excluding hydrogens is 180 g/mol. The zero-order valence-corrected chi connectivity index (χ0v) is 9.02. The van der Waals surface area contributed by atoms with E-state index in [4.69, 9.17) is 11.6 Å². The van der Waals surface area contributed by atoms with Crippen molar-refractivity contribution in [2.24, 2.45) is 0 Å². The van der Waals surface area contributed by atoms with E-state index in [1.54, 1.807) is 5.57 Å². The molecule has 13 heavy (non-hydrogen) atoms. The molecule has 0 nitrogen and oxygen atoms in total. The van der Waals surface area contributed by atoms with Gasteiger partial charge in [0, 0.05) is 0 Å². The lowest BCUT2D eigenvalue weighted by atomic mass is 10.1. The molecule has 0 heterocycles. The van der Waals surface area contributed by atoms with Crippen LogP contribution in [-0.4, -0.2) is 5.38 Å². The summed E-state index contributed by atoms with van der Waals surface area (Å²) in [6, 6.07) is 0. The second-order valence-corrected chi connectivity index (χ2v) is 4.33. The number of alkyl halides is 1. The summed E-state index contributed by atoms with van der Waals surface area (Å²) >= 11 is 5.98. The van der Waals surface area contributed by atoms with Crippen molar-refractivity contribution in [3.05, 3.63) is 24.3 Å². The van der Waals surface area contributed by atoms with Gasteiger partial charge in [-0.05, 0) is 38.5 Å². The third kappa shape index (κ3) is 4.52. The molecule has 0 saturated heterocycles. The van der Waals surface area contributed by atoms with E-state index in [0.717, 1.165) is 12.8 Å². The van der Waals surface area contributed by atoms with Crippen molar-refractivity contribution < 1.29 is 0 Å².